The first kappa shape index (κ1) is 26.0. The van der Waals surface area contributed by atoms with Crippen molar-refractivity contribution in [3.8, 4) is 11.5 Å². The normalized spacial score (nSPS) is 15.1. The Kier molecular flexibility index (Phi) is 7.92. The first-order valence-corrected chi connectivity index (χ1v) is 12.4. The Morgan fingerprint density at radius 1 is 1.16 bits per heavy atom. The van der Waals surface area contributed by atoms with Crippen molar-refractivity contribution in [3.05, 3.63) is 78.9 Å². The number of esters is 2. The van der Waals surface area contributed by atoms with E-state index in [0.717, 1.165) is 0 Å². The Labute approximate surface area is 216 Å². The van der Waals surface area contributed by atoms with E-state index < -0.39 is 18.0 Å². The monoisotopic (exact) mass is 526 g/mol. The predicted molar refractivity (Wildman–Crippen MR) is 134 cm³/mol. The maximum absolute atomic E-state index is 13.6. The third-order valence-electron chi connectivity index (χ3n) is 5.49. The lowest BCUT2D eigenvalue weighted by atomic mass is 9.95. The minimum atomic E-state index is -0.831. The highest BCUT2D eigenvalue weighted by Crippen LogP contribution is 2.36. The molecule has 0 fully saturated rings. The lowest BCUT2D eigenvalue weighted by Crippen LogP contribution is -2.40. The van der Waals surface area contributed by atoms with Gasteiger partial charge in [-0.15, -0.1) is 0 Å². The second-order valence-electron chi connectivity index (χ2n) is 7.82. The Hall–Kier alpha value is -4.12. The molecule has 37 heavy (non-hydrogen) atoms. The van der Waals surface area contributed by atoms with Crippen molar-refractivity contribution >= 4 is 29.4 Å². The lowest BCUT2D eigenvalue weighted by molar-refractivity contribution is -0.143. The number of nitrogens with zero attached hydrogens (tertiary/aromatic N) is 2. The summed E-state index contributed by atoms with van der Waals surface area (Å²) in [6.07, 6.45) is 3.16. The van der Waals surface area contributed by atoms with E-state index in [2.05, 4.69) is 9.73 Å². The van der Waals surface area contributed by atoms with Gasteiger partial charge in [0.25, 0.3) is 5.56 Å². The second kappa shape index (κ2) is 11.3. The number of carbonyl (C=O) groups excluding carboxylic acids is 2. The van der Waals surface area contributed by atoms with E-state index in [1.54, 1.807) is 50.3 Å². The fraction of sp³-hybridized carbons (Fsp3) is 0.308. The van der Waals surface area contributed by atoms with Gasteiger partial charge in [0.2, 0.25) is 0 Å². The van der Waals surface area contributed by atoms with E-state index >= 15 is 0 Å². The number of thiazole rings is 1. The molecule has 1 aliphatic heterocycles. The fourth-order valence-corrected chi connectivity index (χ4v) is 4.91. The topological polar surface area (TPSA) is 119 Å². The Morgan fingerprint density at radius 2 is 1.97 bits per heavy atom. The van der Waals surface area contributed by atoms with Gasteiger partial charge < -0.3 is 23.4 Å². The van der Waals surface area contributed by atoms with Crippen molar-refractivity contribution in [2.45, 2.75) is 26.8 Å². The molecule has 0 aliphatic carbocycles. The average Bonchev–Trinajstić information content (AvgIpc) is 3.50. The fourth-order valence-electron chi connectivity index (χ4n) is 3.89. The van der Waals surface area contributed by atoms with Crippen LogP contribution in [-0.2, 0) is 19.1 Å². The van der Waals surface area contributed by atoms with Crippen LogP contribution in [0.25, 0.3) is 6.08 Å². The minimum Gasteiger partial charge on any atom is -0.490 e. The van der Waals surface area contributed by atoms with Gasteiger partial charge in [-0.05, 0) is 50.6 Å². The first-order valence-electron chi connectivity index (χ1n) is 11.6. The molecular weight excluding hydrogens is 500 g/mol. The van der Waals surface area contributed by atoms with Gasteiger partial charge in [-0.2, -0.15) is 0 Å². The molecule has 3 aromatic rings. The second-order valence-corrected chi connectivity index (χ2v) is 8.83. The summed E-state index contributed by atoms with van der Waals surface area (Å²) in [5.41, 5.74) is 0.933. The number of rotatable bonds is 9. The number of methoxy groups -OCH3 is 1. The highest BCUT2D eigenvalue weighted by atomic mass is 32.1. The minimum absolute atomic E-state index is 0.162. The van der Waals surface area contributed by atoms with E-state index in [1.807, 2.05) is 6.92 Å². The van der Waals surface area contributed by atoms with Crippen LogP contribution in [0.1, 0.15) is 38.1 Å². The molecule has 11 heteroatoms. The maximum Gasteiger partial charge on any atom is 0.343 e. The summed E-state index contributed by atoms with van der Waals surface area (Å²) in [5, 5.41) is 0. The Morgan fingerprint density at radius 3 is 2.65 bits per heavy atom. The van der Waals surface area contributed by atoms with Gasteiger partial charge in [0.05, 0.1) is 48.4 Å². The molecule has 2 aromatic heterocycles. The molecule has 3 heterocycles. The summed E-state index contributed by atoms with van der Waals surface area (Å²) < 4.78 is 28.6. The van der Waals surface area contributed by atoms with Crippen LogP contribution in [0.5, 0.6) is 11.5 Å². The summed E-state index contributed by atoms with van der Waals surface area (Å²) in [5.74, 6) is 0.0735. The molecule has 4 rings (SSSR count). The molecule has 0 amide bonds. The van der Waals surface area contributed by atoms with Gasteiger partial charge in [0.1, 0.15) is 5.76 Å². The van der Waals surface area contributed by atoms with Crippen molar-refractivity contribution in [3.63, 3.8) is 0 Å². The Bertz CT molecular complexity index is 1510. The molecule has 0 spiro atoms. The van der Waals surface area contributed by atoms with E-state index in [4.69, 9.17) is 18.6 Å². The summed E-state index contributed by atoms with van der Waals surface area (Å²) in [6, 6.07) is 7.66. The van der Waals surface area contributed by atoms with Crippen LogP contribution >= 0.6 is 11.3 Å². The molecule has 0 radical (unpaired) electrons. The van der Waals surface area contributed by atoms with Gasteiger partial charge in [-0.25, -0.2) is 14.6 Å². The predicted octanol–water partition coefficient (Wildman–Crippen LogP) is 2.34. The zero-order chi connectivity index (χ0) is 26.5. The number of ether oxygens (including phenoxy) is 4. The van der Waals surface area contributed by atoms with Gasteiger partial charge in [0.15, 0.2) is 22.9 Å². The van der Waals surface area contributed by atoms with Crippen LogP contribution in [0.2, 0.25) is 0 Å². The van der Waals surface area contributed by atoms with Crippen molar-refractivity contribution < 1.29 is 33.0 Å². The number of furan rings is 1. The number of fused-ring (bicyclic) bond motifs is 1. The van der Waals surface area contributed by atoms with Crippen molar-refractivity contribution in [2.75, 3.05) is 26.9 Å². The highest BCUT2D eigenvalue weighted by molar-refractivity contribution is 7.07. The van der Waals surface area contributed by atoms with Crippen LogP contribution in [-0.4, -0.2) is 43.4 Å². The van der Waals surface area contributed by atoms with E-state index in [-0.39, 0.29) is 24.3 Å². The van der Waals surface area contributed by atoms with Gasteiger partial charge in [-0.3, -0.25) is 9.36 Å². The molecule has 1 aliphatic rings. The molecule has 1 atom stereocenters. The molecule has 0 saturated carbocycles. The quantitative estimate of drug-likeness (QED) is 0.390. The zero-order valence-corrected chi connectivity index (χ0v) is 21.6. The van der Waals surface area contributed by atoms with Gasteiger partial charge in [0, 0.05) is 6.08 Å². The molecule has 194 valence electrons. The molecule has 0 unspecified atom stereocenters. The standard InChI is InChI=1S/C26H26N2O8S/c1-5-33-19-12-16(9-10-18(19)36-14-21(29)32-4)23-22(25(31)34-6-2)15(3)27-26-28(23)24(30)20(37-26)13-17-8-7-11-35-17/h7-13,23H,5-6,14H2,1-4H3/b20-13-/t23-/m0/s1. The van der Waals surface area contributed by atoms with Crippen molar-refractivity contribution in [1.82, 2.24) is 4.57 Å². The van der Waals surface area contributed by atoms with Crippen LogP contribution in [0.3, 0.4) is 0 Å². The maximum atomic E-state index is 13.6. The molecule has 1 aromatic carbocycles. The molecule has 0 bridgehead atoms. The number of hydrogen-bond donors (Lipinski definition) is 0. The van der Waals surface area contributed by atoms with Gasteiger partial charge >= 0.3 is 11.9 Å². The molecule has 0 saturated heterocycles. The molecule has 10 nitrogen and oxygen atoms in total. The lowest BCUT2D eigenvalue weighted by Gasteiger charge is -2.25. The zero-order valence-electron chi connectivity index (χ0n) is 20.8. The van der Waals surface area contributed by atoms with Crippen LogP contribution in [0.4, 0.5) is 0 Å². The number of benzene rings is 1. The van der Waals surface area contributed by atoms with Crippen molar-refractivity contribution in [2.24, 2.45) is 4.99 Å². The van der Waals surface area contributed by atoms with E-state index in [1.165, 1.54) is 29.3 Å². The van der Waals surface area contributed by atoms with Gasteiger partial charge in [-0.1, -0.05) is 17.4 Å². The number of hydrogen-bond acceptors (Lipinski definition) is 10. The van der Waals surface area contributed by atoms with Crippen LogP contribution < -0.4 is 24.4 Å². The third-order valence-corrected chi connectivity index (χ3v) is 6.47. The van der Waals surface area contributed by atoms with Crippen LogP contribution in [0.15, 0.2) is 62.1 Å². The summed E-state index contributed by atoms with van der Waals surface area (Å²) in [6.45, 7) is 5.41. The summed E-state index contributed by atoms with van der Waals surface area (Å²) in [7, 11) is 1.27. The molecular formula is C26H26N2O8S. The third kappa shape index (κ3) is 5.36. The Balaban J connectivity index is 1.89. The summed E-state index contributed by atoms with van der Waals surface area (Å²) in [4.78, 5) is 43.2. The first-order chi connectivity index (χ1) is 17.9. The molecule has 0 N–H and O–H groups in total. The smallest absolute Gasteiger partial charge is 0.343 e. The highest BCUT2D eigenvalue weighted by Gasteiger charge is 2.34. The SMILES string of the molecule is CCOC(=O)C1=C(C)N=c2s/c(=C\c3ccco3)c(=O)n2[C@H]1c1ccc(OCC(=O)OC)c(OCC)c1. The largest absolute Gasteiger partial charge is 0.490 e. The average molecular weight is 527 g/mol. The van der Waals surface area contributed by atoms with E-state index in [9.17, 15) is 14.4 Å². The van der Waals surface area contributed by atoms with E-state index in [0.29, 0.717) is 44.5 Å². The number of aromatic nitrogens is 1. The van der Waals surface area contributed by atoms with Crippen molar-refractivity contribution in [1.29, 1.82) is 0 Å². The summed E-state index contributed by atoms with van der Waals surface area (Å²) >= 11 is 1.20. The number of carbonyl (C=O) groups is 2. The van der Waals surface area contributed by atoms with Crippen LogP contribution in [0, 0.1) is 0 Å². The number of allylic oxidation sites excluding steroid dienone is 1.